The Balaban J connectivity index is 1.34. The molecule has 5 rings (SSSR count). The van der Waals surface area contributed by atoms with Gasteiger partial charge in [0, 0.05) is 44.0 Å². The Bertz CT molecular complexity index is 1250. The second kappa shape index (κ2) is 8.82. The normalized spacial score (nSPS) is 21.2. The first-order valence-corrected chi connectivity index (χ1v) is 13.5. The van der Waals surface area contributed by atoms with Crippen LogP contribution in [0, 0.1) is 19.8 Å². The van der Waals surface area contributed by atoms with Gasteiger partial charge in [0.2, 0.25) is 21.8 Å². The van der Waals surface area contributed by atoms with Gasteiger partial charge < -0.3 is 9.80 Å². The first-order valence-electron chi connectivity index (χ1n) is 12.1. The molecule has 0 N–H and O–H groups in total. The topological polar surface area (TPSA) is 78.0 Å². The molecule has 2 amide bonds. The maximum atomic E-state index is 13.4. The minimum atomic E-state index is -3.51. The molecule has 2 aromatic carbocycles. The van der Waals surface area contributed by atoms with Crippen molar-refractivity contribution in [2.75, 3.05) is 36.0 Å². The van der Waals surface area contributed by atoms with Crippen molar-refractivity contribution in [2.24, 2.45) is 5.92 Å². The fourth-order valence-electron chi connectivity index (χ4n) is 5.38. The summed E-state index contributed by atoms with van der Waals surface area (Å²) in [5.41, 5.74) is 4.68. The Morgan fingerprint density at radius 1 is 0.971 bits per heavy atom. The summed E-state index contributed by atoms with van der Waals surface area (Å²) in [5, 5.41) is 0. The van der Waals surface area contributed by atoms with Crippen LogP contribution in [0.3, 0.4) is 0 Å². The maximum absolute atomic E-state index is 13.4. The number of nitrogens with zero attached hydrogens (tertiary/aromatic N) is 3. The molecule has 0 saturated carbocycles. The van der Waals surface area contributed by atoms with Gasteiger partial charge in [-0.05, 0) is 74.1 Å². The monoisotopic (exact) mass is 481 g/mol. The molecule has 7 nitrogen and oxygen atoms in total. The second-order valence-corrected chi connectivity index (χ2v) is 11.6. The van der Waals surface area contributed by atoms with E-state index in [4.69, 9.17) is 0 Å². The fraction of sp³-hybridized carbons (Fsp3) is 0.462. The standard InChI is InChI=1S/C26H31N3O4S/c1-18-7-6-8-23(19(18)2)29-17-21(16-25(29)30)26(31)28-14-11-20-15-22(9-10-24(20)28)34(32,33)27-12-4-3-5-13-27/h6-10,15,21H,3-5,11-14,16-17H2,1-2H3. The van der Waals surface area contributed by atoms with Crippen LogP contribution in [-0.4, -0.2) is 50.7 Å². The van der Waals surface area contributed by atoms with Gasteiger partial charge in [0.15, 0.2) is 0 Å². The molecule has 0 radical (unpaired) electrons. The highest BCUT2D eigenvalue weighted by Crippen LogP contribution is 2.35. The first-order chi connectivity index (χ1) is 16.3. The third-order valence-electron chi connectivity index (χ3n) is 7.51. The molecule has 8 heteroatoms. The van der Waals surface area contributed by atoms with E-state index in [1.165, 1.54) is 0 Å². The Kier molecular flexibility index (Phi) is 5.98. The Labute approximate surface area is 201 Å². The SMILES string of the molecule is Cc1cccc(N2CC(C(=O)N3CCc4cc(S(=O)(=O)N5CCCCC5)ccc43)CC2=O)c1C. The summed E-state index contributed by atoms with van der Waals surface area (Å²) in [5.74, 6) is -0.504. The summed E-state index contributed by atoms with van der Waals surface area (Å²) >= 11 is 0. The second-order valence-electron chi connectivity index (χ2n) is 9.62. The molecule has 3 heterocycles. The lowest BCUT2D eigenvalue weighted by Gasteiger charge is -2.26. The lowest BCUT2D eigenvalue weighted by Crippen LogP contribution is -2.36. The Morgan fingerprint density at radius 3 is 2.50 bits per heavy atom. The molecular formula is C26H31N3O4S. The highest BCUT2D eigenvalue weighted by atomic mass is 32.2. The molecule has 1 unspecified atom stereocenters. The molecule has 0 bridgehead atoms. The van der Waals surface area contributed by atoms with Crippen molar-refractivity contribution in [2.45, 2.75) is 50.8 Å². The number of rotatable bonds is 4. The van der Waals surface area contributed by atoms with Crippen molar-refractivity contribution in [1.82, 2.24) is 4.31 Å². The van der Waals surface area contributed by atoms with Gasteiger partial charge >= 0.3 is 0 Å². The van der Waals surface area contributed by atoms with Crippen LogP contribution in [0.1, 0.15) is 42.4 Å². The minimum absolute atomic E-state index is 0.0329. The Morgan fingerprint density at radius 2 is 1.74 bits per heavy atom. The average Bonchev–Trinajstić information content (AvgIpc) is 3.44. The number of sulfonamides is 1. The molecule has 3 aliphatic heterocycles. The number of carbonyl (C=O) groups is 2. The lowest BCUT2D eigenvalue weighted by atomic mass is 10.1. The van der Waals surface area contributed by atoms with Gasteiger partial charge in [0.05, 0.1) is 10.8 Å². The molecular weight excluding hydrogens is 450 g/mol. The Hall–Kier alpha value is -2.71. The van der Waals surface area contributed by atoms with Gasteiger partial charge in [0.1, 0.15) is 0 Å². The molecule has 180 valence electrons. The van der Waals surface area contributed by atoms with Crippen molar-refractivity contribution in [3.8, 4) is 0 Å². The molecule has 1 atom stereocenters. The zero-order valence-electron chi connectivity index (χ0n) is 19.8. The zero-order chi connectivity index (χ0) is 24.0. The summed E-state index contributed by atoms with van der Waals surface area (Å²) in [7, 11) is -3.51. The number of amides is 2. The molecule has 3 aliphatic rings. The molecule has 2 fully saturated rings. The van der Waals surface area contributed by atoms with Gasteiger partial charge in [-0.1, -0.05) is 18.6 Å². The quantitative estimate of drug-likeness (QED) is 0.671. The van der Waals surface area contributed by atoms with E-state index in [9.17, 15) is 18.0 Å². The predicted molar refractivity (Wildman–Crippen MR) is 131 cm³/mol. The van der Waals surface area contributed by atoms with E-state index in [0.717, 1.165) is 47.3 Å². The van der Waals surface area contributed by atoms with E-state index in [0.29, 0.717) is 37.5 Å². The van der Waals surface area contributed by atoms with E-state index < -0.39 is 15.9 Å². The number of anilines is 2. The summed E-state index contributed by atoms with van der Waals surface area (Å²) in [4.78, 5) is 30.0. The number of aryl methyl sites for hydroxylation is 1. The summed E-state index contributed by atoms with van der Waals surface area (Å²) in [6.07, 6.45) is 3.67. The van der Waals surface area contributed by atoms with Crippen LogP contribution in [0.4, 0.5) is 11.4 Å². The van der Waals surface area contributed by atoms with Crippen molar-refractivity contribution in [3.05, 3.63) is 53.1 Å². The third-order valence-corrected chi connectivity index (χ3v) is 9.40. The molecule has 0 spiro atoms. The number of carbonyl (C=O) groups excluding carboxylic acids is 2. The van der Waals surface area contributed by atoms with Crippen molar-refractivity contribution in [1.29, 1.82) is 0 Å². The summed E-state index contributed by atoms with van der Waals surface area (Å²) in [6, 6.07) is 11.0. The van der Waals surface area contributed by atoms with Crippen LogP contribution in [0.25, 0.3) is 0 Å². The first kappa shape index (κ1) is 23.1. The number of benzene rings is 2. The van der Waals surface area contributed by atoms with E-state index in [1.807, 2.05) is 32.0 Å². The van der Waals surface area contributed by atoms with Crippen molar-refractivity contribution in [3.63, 3.8) is 0 Å². The van der Waals surface area contributed by atoms with Gasteiger partial charge in [-0.15, -0.1) is 0 Å². The zero-order valence-corrected chi connectivity index (χ0v) is 20.6. The number of hydrogen-bond acceptors (Lipinski definition) is 4. The molecule has 0 aliphatic carbocycles. The lowest BCUT2D eigenvalue weighted by molar-refractivity contribution is -0.124. The van der Waals surface area contributed by atoms with Crippen LogP contribution >= 0.6 is 0 Å². The highest BCUT2D eigenvalue weighted by molar-refractivity contribution is 7.89. The number of fused-ring (bicyclic) bond motifs is 1. The van der Waals surface area contributed by atoms with Gasteiger partial charge in [-0.2, -0.15) is 4.31 Å². The van der Waals surface area contributed by atoms with Gasteiger partial charge in [-0.25, -0.2) is 8.42 Å². The average molecular weight is 482 g/mol. The molecule has 0 aromatic heterocycles. The largest absolute Gasteiger partial charge is 0.312 e. The highest BCUT2D eigenvalue weighted by Gasteiger charge is 2.40. The van der Waals surface area contributed by atoms with Crippen molar-refractivity contribution < 1.29 is 18.0 Å². The smallest absolute Gasteiger partial charge is 0.243 e. The molecule has 2 saturated heterocycles. The van der Waals surface area contributed by atoms with Crippen LogP contribution in [0.2, 0.25) is 0 Å². The minimum Gasteiger partial charge on any atom is -0.312 e. The van der Waals surface area contributed by atoms with E-state index in [-0.39, 0.29) is 18.2 Å². The van der Waals surface area contributed by atoms with E-state index in [2.05, 4.69) is 0 Å². The predicted octanol–water partition coefficient (Wildman–Crippen LogP) is 3.42. The van der Waals surface area contributed by atoms with Crippen LogP contribution in [0.5, 0.6) is 0 Å². The van der Waals surface area contributed by atoms with Crippen molar-refractivity contribution >= 4 is 33.2 Å². The van der Waals surface area contributed by atoms with Crippen LogP contribution in [0.15, 0.2) is 41.3 Å². The summed E-state index contributed by atoms with van der Waals surface area (Å²) in [6.45, 7) is 6.03. The van der Waals surface area contributed by atoms with Crippen LogP contribution in [-0.2, 0) is 26.0 Å². The van der Waals surface area contributed by atoms with Crippen LogP contribution < -0.4 is 9.80 Å². The molecule has 2 aromatic rings. The fourth-order valence-corrected chi connectivity index (χ4v) is 6.94. The third kappa shape index (κ3) is 3.92. The van der Waals surface area contributed by atoms with Gasteiger partial charge in [-0.3, -0.25) is 9.59 Å². The molecule has 34 heavy (non-hydrogen) atoms. The van der Waals surface area contributed by atoms with E-state index >= 15 is 0 Å². The maximum Gasteiger partial charge on any atom is 0.243 e. The summed E-state index contributed by atoms with van der Waals surface area (Å²) < 4.78 is 27.7. The van der Waals surface area contributed by atoms with E-state index in [1.54, 1.807) is 32.3 Å². The van der Waals surface area contributed by atoms with Gasteiger partial charge in [0.25, 0.3) is 0 Å². The number of piperidine rings is 1. The number of hydrogen-bond donors (Lipinski definition) is 0.